The van der Waals surface area contributed by atoms with Gasteiger partial charge in [-0.15, -0.1) is 0 Å². The van der Waals surface area contributed by atoms with E-state index in [4.69, 9.17) is 0 Å². The molecule has 3 aromatic rings. The number of carbonyl (C=O) groups is 1. The SMILES string of the molecule is CNC(=O)c1ccccc1Nc1nc(Nc2ccc3c(c2)CCN(C)C3)ncc1Br. The van der Waals surface area contributed by atoms with E-state index in [2.05, 4.69) is 72.0 Å². The van der Waals surface area contributed by atoms with Gasteiger partial charge in [-0.2, -0.15) is 4.98 Å². The second kappa shape index (κ2) is 8.81. The second-order valence-corrected chi connectivity index (χ2v) is 8.09. The summed E-state index contributed by atoms with van der Waals surface area (Å²) in [6, 6.07) is 13.7. The van der Waals surface area contributed by atoms with E-state index >= 15 is 0 Å². The molecule has 1 aliphatic rings. The Labute approximate surface area is 184 Å². The molecular weight excluding hydrogens is 444 g/mol. The number of hydrogen-bond donors (Lipinski definition) is 3. The minimum absolute atomic E-state index is 0.165. The van der Waals surface area contributed by atoms with Gasteiger partial charge >= 0.3 is 0 Å². The molecule has 1 aromatic heterocycles. The Hall–Kier alpha value is -2.97. The number of fused-ring (bicyclic) bond motifs is 1. The van der Waals surface area contributed by atoms with Crippen LogP contribution in [-0.2, 0) is 13.0 Å². The van der Waals surface area contributed by atoms with E-state index in [1.54, 1.807) is 19.3 Å². The third-order valence-corrected chi connectivity index (χ3v) is 5.64. The van der Waals surface area contributed by atoms with Crippen LogP contribution in [0.1, 0.15) is 21.5 Å². The molecule has 0 spiro atoms. The molecular formula is C22H23BrN6O. The number of nitrogens with one attached hydrogen (secondary N) is 3. The second-order valence-electron chi connectivity index (χ2n) is 7.24. The highest BCUT2D eigenvalue weighted by Crippen LogP contribution is 2.28. The fourth-order valence-corrected chi connectivity index (χ4v) is 3.76. The fraction of sp³-hybridized carbons (Fsp3) is 0.227. The van der Waals surface area contributed by atoms with Crippen molar-refractivity contribution in [3.63, 3.8) is 0 Å². The number of amides is 1. The number of carbonyl (C=O) groups excluding carboxylic acids is 1. The van der Waals surface area contributed by atoms with Crippen molar-refractivity contribution in [2.75, 3.05) is 31.3 Å². The van der Waals surface area contributed by atoms with Gasteiger partial charge in [0.25, 0.3) is 5.91 Å². The molecule has 1 amide bonds. The molecule has 154 valence electrons. The monoisotopic (exact) mass is 466 g/mol. The van der Waals surface area contributed by atoms with E-state index in [-0.39, 0.29) is 5.91 Å². The zero-order valence-corrected chi connectivity index (χ0v) is 18.5. The highest BCUT2D eigenvalue weighted by molar-refractivity contribution is 9.10. The largest absolute Gasteiger partial charge is 0.355 e. The number of hydrogen-bond acceptors (Lipinski definition) is 6. The Kier molecular flexibility index (Phi) is 5.96. The number of likely N-dealkylation sites (N-methyl/N-ethyl adjacent to an activating group) is 1. The topological polar surface area (TPSA) is 82.2 Å². The smallest absolute Gasteiger partial charge is 0.253 e. The van der Waals surface area contributed by atoms with Crippen LogP contribution in [0.3, 0.4) is 0 Å². The zero-order chi connectivity index (χ0) is 21.1. The van der Waals surface area contributed by atoms with Crippen LogP contribution in [-0.4, -0.2) is 41.4 Å². The first kappa shape index (κ1) is 20.3. The van der Waals surface area contributed by atoms with Crippen molar-refractivity contribution in [1.82, 2.24) is 20.2 Å². The van der Waals surface area contributed by atoms with Crippen LogP contribution in [0.25, 0.3) is 0 Å². The number of nitrogens with zero attached hydrogens (tertiary/aromatic N) is 3. The number of anilines is 4. The summed E-state index contributed by atoms with van der Waals surface area (Å²) in [7, 11) is 3.75. The van der Waals surface area contributed by atoms with E-state index in [0.717, 1.165) is 25.2 Å². The summed E-state index contributed by atoms with van der Waals surface area (Å²) in [5, 5.41) is 9.18. The maximum Gasteiger partial charge on any atom is 0.253 e. The maximum atomic E-state index is 12.1. The van der Waals surface area contributed by atoms with Crippen LogP contribution in [0.2, 0.25) is 0 Å². The Bertz CT molecular complexity index is 1090. The van der Waals surface area contributed by atoms with Crippen LogP contribution in [0.4, 0.5) is 23.1 Å². The van der Waals surface area contributed by atoms with Crippen LogP contribution in [0.5, 0.6) is 0 Å². The third kappa shape index (κ3) is 4.44. The van der Waals surface area contributed by atoms with E-state index < -0.39 is 0 Å². The van der Waals surface area contributed by atoms with Crippen LogP contribution in [0.15, 0.2) is 53.1 Å². The number of aromatic nitrogens is 2. The van der Waals surface area contributed by atoms with Gasteiger partial charge in [0.2, 0.25) is 5.95 Å². The lowest BCUT2D eigenvalue weighted by atomic mass is 9.99. The molecule has 0 atom stereocenters. The lowest BCUT2D eigenvalue weighted by molar-refractivity contribution is 0.0964. The first-order chi connectivity index (χ1) is 14.5. The lowest BCUT2D eigenvalue weighted by Crippen LogP contribution is -2.26. The highest BCUT2D eigenvalue weighted by Gasteiger charge is 2.15. The number of rotatable bonds is 5. The minimum atomic E-state index is -0.165. The van der Waals surface area contributed by atoms with E-state index in [1.807, 2.05) is 18.2 Å². The van der Waals surface area contributed by atoms with E-state index in [1.165, 1.54) is 11.1 Å². The van der Waals surface area contributed by atoms with Gasteiger partial charge in [-0.25, -0.2) is 4.98 Å². The van der Waals surface area contributed by atoms with Gasteiger partial charge in [0.1, 0.15) is 5.82 Å². The molecule has 30 heavy (non-hydrogen) atoms. The van der Waals surface area contributed by atoms with Crippen molar-refractivity contribution in [2.24, 2.45) is 0 Å². The molecule has 2 aromatic carbocycles. The van der Waals surface area contributed by atoms with Crippen LogP contribution in [0, 0.1) is 0 Å². The van der Waals surface area contributed by atoms with Gasteiger partial charge < -0.3 is 20.9 Å². The molecule has 0 saturated heterocycles. The molecule has 3 N–H and O–H groups in total. The van der Waals surface area contributed by atoms with Crippen molar-refractivity contribution in [1.29, 1.82) is 0 Å². The Morgan fingerprint density at radius 1 is 1.13 bits per heavy atom. The molecule has 0 aliphatic carbocycles. The summed E-state index contributed by atoms with van der Waals surface area (Å²) >= 11 is 3.49. The summed E-state index contributed by atoms with van der Waals surface area (Å²) < 4.78 is 0.702. The summed E-state index contributed by atoms with van der Waals surface area (Å²) in [4.78, 5) is 23.4. The Balaban J connectivity index is 1.57. The summed E-state index contributed by atoms with van der Waals surface area (Å²) in [5.41, 5.74) is 4.88. The zero-order valence-electron chi connectivity index (χ0n) is 16.9. The minimum Gasteiger partial charge on any atom is -0.355 e. The molecule has 0 fully saturated rings. The van der Waals surface area contributed by atoms with E-state index in [0.29, 0.717) is 27.5 Å². The van der Waals surface area contributed by atoms with Crippen molar-refractivity contribution in [3.05, 3.63) is 69.8 Å². The van der Waals surface area contributed by atoms with Crippen molar-refractivity contribution >= 4 is 45.0 Å². The van der Waals surface area contributed by atoms with Gasteiger partial charge in [-0.1, -0.05) is 18.2 Å². The molecule has 8 heteroatoms. The Morgan fingerprint density at radius 2 is 1.97 bits per heavy atom. The average Bonchev–Trinajstić information content (AvgIpc) is 2.76. The van der Waals surface area contributed by atoms with Crippen molar-refractivity contribution < 1.29 is 4.79 Å². The predicted molar refractivity (Wildman–Crippen MR) is 123 cm³/mol. The molecule has 0 bridgehead atoms. The third-order valence-electron chi connectivity index (χ3n) is 5.06. The first-order valence-corrected chi connectivity index (χ1v) is 10.5. The molecule has 4 rings (SSSR count). The summed E-state index contributed by atoms with van der Waals surface area (Å²) in [6.45, 7) is 2.03. The normalized spacial score (nSPS) is 13.4. The Morgan fingerprint density at radius 3 is 2.80 bits per heavy atom. The summed E-state index contributed by atoms with van der Waals surface area (Å²) in [6.07, 6.45) is 2.72. The van der Waals surface area contributed by atoms with Crippen LogP contribution >= 0.6 is 15.9 Å². The molecule has 7 nitrogen and oxygen atoms in total. The quantitative estimate of drug-likeness (QED) is 0.525. The standard InChI is InChI=1S/C22H23BrN6O/c1-24-21(30)17-5-3-4-6-19(17)27-20-18(23)12-25-22(28-20)26-16-8-7-15-13-29(2)10-9-14(15)11-16/h3-8,11-12H,9-10,13H2,1-2H3,(H,24,30)(H2,25,26,27,28). The van der Waals surface area contributed by atoms with Crippen molar-refractivity contribution in [2.45, 2.75) is 13.0 Å². The summed E-state index contributed by atoms with van der Waals surface area (Å²) in [5.74, 6) is 0.885. The number of benzene rings is 2. The van der Waals surface area contributed by atoms with Gasteiger partial charge in [0.05, 0.1) is 15.7 Å². The molecule has 0 radical (unpaired) electrons. The van der Waals surface area contributed by atoms with Gasteiger partial charge in [0.15, 0.2) is 0 Å². The molecule has 1 aliphatic heterocycles. The molecule has 0 saturated carbocycles. The highest BCUT2D eigenvalue weighted by atomic mass is 79.9. The van der Waals surface area contributed by atoms with Crippen molar-refractivity contribution in [3.8, 4) is 0 Å². The molecule has 0 unspecified atom stereocenters. The predicted octanol–water partition coefficient (Wildman–Crippen LogP) is 4.07. The van der Waals surface area contributed by atoms with Gasteiger partial charge in [-0.05, 0) is 64.8 Å². The van der Waals surface area contributed by atoms with E-state index in [9.17, 15) is 4.79 Å². The lowest BCUT2D eigenvalue weighted by Gasteiger charge is -2.25. The number of para-hydroxylation sites is 1. The first-order valence-electron chi connectivity index (χ1n) is 9.71. The average molecular weight is 467 g/mol. The van der Waals surface area contributed by atoms with Gasteiger partial charge in [0, 0.05) is 32.0 Å². The molecule has 2 heterocycles. The fourth-order valence-electron chi connectivity index (χ4n) is 3.47. The number of halogens is 1. The maximum absolute atomic E-state index is 12.1. The van der Waals surface area contributed by atoms with Gasteiger partial charge in [-0.3, -0.25) is 4.79 Å². The van der Waals surface area contributed by atoms with Crippen LogP contribution < -0.4 is 16.0 Å².